The monoisotopic (exact) mass is 275 g/mol. The molecule has 1 unspecified atom stereocenters. The van der Waals surface area contributed by atoms with Gasteiger partial charge < -0.3 is 10.4 Å². The van der Waals surface area contributed by atoms with Gasteiger partial charge in [0.1, 0.15) is 5.75 Å². The van der Waals surface area contributed by atoms with E-state index >= 15 is 0 Å². The summed E-state index contributed by atoms with van der Waals surface area (Å²) in [6, 6.07) is 9.02. The van der Waals surface area contributed by atoms with Gasteiger partial charge in [-0.3, -0.25) is 4.79 Å². The number of carbonyl (C=O) groups is 1. The Hall–Kier alpha value is -1.81. The number of amides is 1. The number of aromatic hydroxyl groups is 1. The summed E-state index contributed by atoms with van der Waals surface area (Å²) in [5.41, 5.74) is 1.12. The fraction of sp³-hybridized carbons (Fsp3) is 0.267. The summed E-state index contributed by atoms with van der Waals surface area (Å²) < 4.78 is 0. The lowest BCUT2D eigenvalue weighted by molar-refractivity contribution is 0.0939. The molecule has 0 radical (unpaired) electrons. The second-order valence-corrected chi connectivity index (χ2v) is 5.91. The molecule has 0 aliphatic carbocycles. The van der Waals surface area contributed by atoms with E-state index in [0.717, 1.165) is 4.88 Å². The van der Waals surface area contributed by atoms with Crippen LogP contribution >= 0.6 is 11.3 Å². The maximum Gasteiger partial charge on any atom is 0.252 e. The number of aryl methyl sites for hydroxylation is 1. The molecule has 2 rings (SSSR count). The van der Waals surface area contributed by atoms with Gasteiger partial charge in [-0.15, -0.1) is 11.3 Å². The molecule has 4 heteroatoms. The van der Waals surface area contributed by atoms with Gasteiger partial charge in [0.2, 0.25) is 0 Å². The molecule has 19 heavy (non-hydrogen) atoms. The number of hydrogen-bond donors (Lipinski definition) is 2. The van der Waals surface area contributed by atoms with Crippen LogP contribution in [0.3, 0.4) is 0 Å². The summed E-state index contributed by atoms with van der Waals surface area (Å²) in [7, 11) is 0. The van der Waals surface area contributed by atoms with Gasteiger partial charge in [0.25, 0.3) is 5.91 Å². The molecule has 0 fully saturated rings. The molecule has 1 heterocycles. The smallest absolute Gasteiger partial charge is 0.252 e. The van der Waals surface area contributed by atoms with Crippen LogP contribution in [0.1, 0.15) is 38.6 Å². The highest BCUT2D eigenvalue weighted by Gasteiger charge is 2.15. The third kappa shape index (κ3) is 2.96. The van der Waals surface area contributed by atoms with Crippen molar-refractivity contribution in [2.24, 2.45) is 0 Å². The number of phenolic OH excluding ortho intramolecular Hbond substituents is 1. The van der Waals surface area contributed by atoms with E-state index in [4.69, 9.17) is 0 Å². The summed E-state index contributed by atoms with van der Waals surface area (Å²) >= 11 is 1.68. The molecule has 0 saturated heterocycles. The van der Waals surface area contributed by atoms with Crippen molar-refractivity contribution < 1.29 is 9.90 Å². The summed E-state index contributed by atoms with van der Waals surface area (Å²) in [5.74, 6) is -0.0146. The van der Waals surface area contributed by atoms with Crippen LogP contribution in [0, 0.1) is 13.8 Å². The highest BCUT2D eigenvalue weighted by atomic mass is 32.1. The molecule has 0 bridgehead atoms. The molecule has 1 atom stereocenters. The zero-order valence-electron chi connectivity index (χ0n) is 11.2. The van der Waals surface area contributed by atoms with Crippen LogP contribution in [-0.4, -0.2) is 11.0 Å². The van der Waals surface area contributed by atoms with Crippen molar-refractivity contribution >= 4 is 17.2 Å². The lowest BCUT2D eigenvalue weighted by Gasteiger charge is -2.14. The van der Waals surface area contributed by atoms with Crippen LogP contribution in [0.15, 0.2) is 30.3 Å². The third-order valence-electron chi connectivity index (χ3n) is 3.09. The molecular formula is C15H17NO2S. The van der Waals surface area contributed by atoms with Gasteiger partial charge >= 0.3 is 0 Å². The van der Waals surface area contributed by atoms with E-state index < -0.39 is 0 Å². The molecular weight excluding hydrogens is 258 g/mol. The summed E-state index contributed by atoms with van der Waals surface area (Å²) in [6.45, 7) is 5.74. The molecule has 2 aromatic rings. The Morgan fingerprint density at radius 3 is 2.63 bits per heavy atom. The standard InChI is InChI=1S/C15H17NO2S/c1-9-7-8-14(19-9)11(3)16-15(18)12-5-4-6-13(17)10(12)2/h4-8,11,17H,1-3H3,(H,16,18). The fourth-order valence-electron chi connectivity index (χ4n) is 1.90. The lowest BCUT2D eigenvalue weighted by atomic mass is 10.1. The average molecular weight is 275 g/mol. The van der Waals surface area contributed by atoms with Crippen molar-refractivity contribution in [1.82, 2.24) is 5.32 Å². The maximum atomic E-state index is 12.2. The van der Waals surface area contributed by atoms with Crippen LogP contribution in [0.2, 0.25) is 0 Å². The molecule has 0 spiro atoms. The molecule has 1 aromatic heterocycles. The van der Waals surface area contributed by atoms with Gasteiger partial charge in [-0.2, -0.15) is 0 Å². The first kappa shape index (κ1) is 13.6. The second-order valence-electron chi connectivity index (χ2n) is 4.59. The van der Waals surface area contributed by atoms with Crippen molar-refractivity contribution in [2.75, 3.05) is 0 Å². The lowest BCUT2D eigenvalue weighted by Crippen LogP contribution is -2.26. The largest absolute Gasteiger partial charge is 0.508 e. The normalized spacial score (nSPS) is 12.2. The molecule has 1 amide bonds. The van der Waals surface area contributed by atoms with Crippen molar-refractivity contribution in [3.63, 3.8) is 0 Å². The van der Waals surface area contributed by atoms with Crippen molar-refractivity contribution in [3.05, 3.63) is 51.2 Å². The van der Waals surface area contributed by atoms with Crippen molar-refractivity contribution in [2.45, 2.75) is 26.8 Å². The Morgan fingerprint density at radius 2 is 2.00 bits per heavy atom. The Balaban J connectivity index is 2.15. The topological polar surface area (TPSA) is 49.3 Å². The maximum absolute atomic E-state index is 12.2. The SMILES string of the molecule is Cc1ccc(C(C)NC(=O)c2cccc(O)c2C)s1. The first-order valence-electron chi connectivity index (χ1n) is 6.15. The van der Waals surface area contributed by atoms with Crippen LogP contribution in [0.25, 0.3) is 0 Å². The number of phenols is 1. The average Bonchev–Trinajstić information content (AvgIpc) is 2.79. The number of benzene rings is 1. The Kier molecular flexibility index (Phi) is 3.90. The van der Waals surface area contributed by atoms with Gasteiger partial charge in [0.15, 0.2) is 0 Å². The van der Waals surface area contributed by atoms with Gasteiger partial charge in [-0.25, -0.2) is 0 Å². The second kappa shape index (κ2) is 5.45. The first-order chi connectivity index (χ1) is 8.99. The van der Waals surface area contributed by atoms with E-state index in [2.05, 4.69) is 5.32 Å². The van der Waals surface area contributed by atoms with Crippen LogP contribution < -0.4 is 5.32 Å². The minimum atomic E-state index is -0.160. The van der Waals surface area contributed by atoms with E-state index in [1.165, 1.54) is 4.88 Å². The summed E-state index contributed by atoms with van der Waals surface area (Å²) in [5, 5.41) is 12.6. The summed E-state index contributed by atoms with van der Waals surface area (Å²) in [4.78, 5) is 14.5. The number of nitrogens with one attached hydrogen (secondary N) is 1. The van der Waals surface area contributed by atoms with E-state index in [1.807, 2.05) is 26.0 Å². The third-order valence-corrected chi connectivity index (χ3v) is 4.27. The molecule has 3 nitrogen and oxygen atoms in total. The van der Waals surface area contributed by atoms with E-state index in [0.29, 0.717) is 11.1 Å². The van der Waals surface area contributed by atoms with Gasteiger partial charge in [-0.1, -0.05) is 6.07 Å². The zero-order chi connectivity index (χ0) is 14.0. The number of thiophene rings is 1. The van der Waals surface area contributed by atoms with Gasteiger partial charge in [0, 0.05) is 20.9 Å². The fourth-order valence-corrected chi connectivity index (χ4v) is 2.78. The first-order valence-corrected chi connectivity index (χ1v) is 6.96. The Labute approximate surface area is 116 Å². The number of carbonyl (C=O) groups excluding carboxylic acids is 1. The van der Waals surface area contributed by atoms with E-state index in [1.54, 1.807) is 36.5 Å². The zero-order valence-corrected chi connectivity index (χ0v) is 12.0. The van der Waals surface area contributed by atoms with Crippen LogP contribution in [0.5, 0.6) is 5.75 Å². The van der Waals surface area contributed by atoms with E-state index in [-0.39, 0.29) is 17.7 Å². The predicted octanol–water partition coefficient (Wildman–Crippen LogP) is 3.56. The van der Waals surface area contributed by atoms with Crippen molar-refractivity contribution in [3.8, 4) is 5.75 Å². The number of hydrogen-bond acceptors (Lipinski definition) is 3. The molecule has 0 aliphatic heterocycles. The quantitative estimate of drug-likeness (QED) is 0.899. The van der Waals surface area contributed by atoms with Crippen LogP contribution in [-0.2, 0) is 0 Å². The summed E-state index contributed by atoms with van der Waals surface area (Å²) in [6.07, 6.45) is 0. The molecule has 1 aromatic carbocycles. The highest BCUT2D eigenvalue weighted by Crippen LogP contribution is 2.24. The van der Waals surface area contributed by atoms with Gasteiger partial charge in [-0.05, 0) is 45.0 Å². The molecule has 100 valence electrons. The minimum absolute atomic E-state index is 0.0343. The van der Waals surface area contributed by atoms with Crippen molar-refractivity contribution in [1.29, 1.82) is 0 Å². The van der Waals surface area contributed by atoms with E-state index in [9.17, 15) is 9.90 Å². The molecule has 0 aliphatic rings. The van der Waals surface area contributed by atoms with Gasteiger partial charge in [0.05, 0.1) is 6.04 Å². The molecule has 0 saturated carbocycles. The Bertz CT molecular complexity index is 604. The highest BCUT2D eigenvalue weighted by molar-refractivity contribution is 7.12. The predicted molar refractivity (Wildman–Crippen MR) is 77.8 cm³/mol. The minimum Gasteiger partial charge on any atom is -0.508 e. The van der Waals surface area contributed by atoms with Crippen LogP contribution in [0.4, 0.5) is 0 Å². The molecule has 2 N–H and O–H groups in total. The Morgan fingerprint density at radius 1 is 1.26 bits per heavy atom. The number of rotatable bonds is 3.